The minimum absolute atomic E-state index is 0.0441. The molecular weight excluding hydrogens is 240 g/mol. The summed E-state index contributed by atoms with van der Waals surface area (Å²) in [5, 5.41) is 12.2. The maximum Gasteiger partial charge on any atom is 0.181 e. The Bertz CT molecular complexity index is 361. The van der Waals surface area contributed by atoms with Crippen LogP contribution in [0.15, 0.2) is 18.2 Å². The fourth-order valence-electron chi connectivity index (χ4n) is 1.39. The topological polar surface area (TPSA) is 41.5 Å². The molecule has 1 aromatic rings. The fraction of sp³-hybridized carbons (Fsp3) is 0.538. The SMILES string of the molecule is CCCCOCC(O)CNc1cccc(F)c1F. The van der Waals surface area contributed by atoms with Gasteiger partial charge in [0.2, 0.25) is 0 Å². The average Bonchev–Trinajstić information content (AvgIpc) is 2.36. The second-order valence-electron chi connectivity index (χ2n) is 4.06. The largest absolute Gasteiger partial charge is 0.389 e. The quantitative estimate of drug-likeness (QED) is 0.705. The standard InChI is InChI=1S/C13H19F2NO2/c1-2-3-7-18-9-10(17)8-16-12-6-4-5-11(14)13(12)15/h4-6,10,16-17H,2-3,7-9H2,1H3. The lowest BCUT2D eigenvalue weighted by molar-refractivity contribution is 0.0421. The maximum atomic E-state index is 13.3. The summed E-state index contributed by atoms with van der Waals surface area (Å²) >= 11 is 0. The average molecular weight is 259 g/mol. The van der Waals surface area contributed by atoms with E-state index in [1.54, 1.807) is 0 Å². The highest BCUT2D eigenvalue weighted by molar-refractivity contribution is 5.44. The molecule has 2 N–H and O–H groups in total. The van der Waals surface area contributed by atoms with Gasteiger partial charge in [-0.3, -0.25) is 0 Å². The molecule has 0 radical (unpaired) electrons. The number of aliphatic hydroxyl groups excluding tert-OH is 1. The molecule has 3 nitrogen and oxygen atoms in total. The highest BCUT2D eigenvalue weighted by Gasteiger charge is 2.09. The lowest BCUT2D eigenvalue weighted by Gasteiger charge is -2.13. The predicted molar refractivity (Wildman–Crippen MR) is 66.6 cm³/mol. The molecule has 102 valence electrons. The van der Waals surface area contributed by atoms with Gasteiger partial charge in [0.1, 0.15) is 0 Å². The molecule has 0 amide bonds. The third-order valence-corrected chi connectivity index (χ3v) is 2.43. The van der Waals surface area contributed by atoms with Crippen LogP contribution in [0.4, 0.5) is 14.5 Å². The van der Waals surface area contributed by atoms with Gasteiger partial charge in [-0.15, -0.1) is 0 Å². The van der Waals surface area contributed by atoms with Gasteiger partial charge in [0.15, 0.2) is 11.6 Å². The molecule has 0 heterocycles. The van der Waals surface area contributed by atoms with Crippen molar-refractivity contribution in [2.45, 2.75) is 25.9 Å². The molecule has 0 saturated carbocycles. The summed E-state index contributed by atoms with van der Waals surface area (Å²) in [6.07, 6.45) is 1.23. The second kappa shape index (κ2) is 8.00. The zero-order valence-corrected chi connectivity index (χ0v) is 10.5. The first-order chi connectivity index (χ1) is 8.65. The number of aliphatic hydroxyl groups is 1. The molecule has 1 unspecified atom stereocenters. The molecule has 0 aliphatic rings. The van der Waals surface area contributed by atoms with Crippen LogP contribution in [0.2, 0.25) is 0 Å². The Kier molecular flexibility index (Phi) is 6.60. The Balaban J connectivity index is 2.29. The number of ether oxygens (including phenoxy) is 1. The third-order valence-electron chi connectivity index (χ3n) is 2.43. The lowest BCUT2D eigenvalue weighted by Crippen LogP contribution is -2.25. The Hall–Kier alpha value is -1.20. The van der Waals surface area contributed by atoms with Crippen LogP contribution in [0.25, 0.3) is 0 Å². The van der Waals surface area contributed by atoms with Crippen LogP contribution in [0.1, 0.15) is 19.8 Å². The summed E-state index contributed by atoms with van der Waals surface area (Å²) in [5.41, 5.74) is 0.0441. The zero-order valence-electron chi connectivity index (χ0n) is 10.5. The van der Waals surface area contributed by atoms with E-state index >= 15 is 0 Å². The van der Waals surface area contributed by atoms with Crippen LogP contribution in [-0.2, 0) is 4.74 Å². The normalized spacial score (nSPS) is 12.4. The number of nitrogens with one attached hydrogen (secondary N) is 1. The van der Waals surface area contributed by atoms with Crippen molar-refractivity contribution >= 4 is 5.69 Å². The van der Waals surface area contributed by atoms with Gasteiger partial charge in [0.25, 0.3) is 0 Å². The van der Waals surface area contributed by atoms with E-state index in [0.29, 0.717) is 6.61 Å². The molecule has 1 atom stereocenters. The van der Waals surface area contributed by atoms with Gasteiger partial charge in [-0.05, 0) is 18.6 Å². The molecule has 0 bridgehead atoms. The predicted octanol–water partition coefficient (Wildman–Crippen LogP) is 2.55. The summed E-state index contributed by atoms with van der Waals surface area (Å²) in [6, 6.07) is 3.87. The van der Waals surface area contributed by atoms with Gasteiger partial charge >= 0.3 is 0 Å². The first-order valence-electron chi connectivity index (χ1n) is 6.08. The number of anilines is 1. The highest BCUT2D eigenvalue weighted by Crippen LogP contribution is 2.16. The van der Waals surface area contributed by atoms with Crippen LogP contribution < -0.4 is 5.32 Å². The molecule has 0 saturated heterocycles. The summed E-state index contributed by atoms with van der Waals surface area (Å²) in [4.78, 5) is 0. The van der Waals surface area contributed by atoms with Crippen LogP contribution in [0.3, 0.4) is 0 Å². The minimum atomic E-state index is -0.934. The van der Waals surface area contributed by atoms with E-state index in [-0.39, 0.29) is 18.8 Å². The molecule has 0 aliphatic heterocycles. The highest BCUT2D eigenvalue weighted by atomic mass is 19.2. The number of unbranched alkanes of at least 4 members (excludes halogenated alkanes) is 1. The summed E-state index contributed by atoms with van der Waals surface area (Å²) < 4.78 is 31.4. The van der Waals surface area contributed by atoms with E-state index in [0.717, 1.165) is 18.9 Å². The van der Waals surface area contributed by atoms with Crippen molar-refractivity contribution < 1.29 is 18.6 Å². The smallest absolute Gasteiger partial charge is 0.181 e. The number of benzene rings is 1. The van der Waals surface area contributed by atoms with E-state index in [1.807, 2.05) is 6.92 Å². The Labute approximate surface area is 106 Å². The number of halogens is 2. The van der Waals surface area contributed by atoms with Gasteiger partial charge in [-0.1, -0.05) is 19.4 Å². The van der Waals surface area contributed by atoms with Gasteiger partial charge in [0.05, 0.1) is 18.4 Å². The molecule has 0 spiro atoms. The van der Waals surface area contributed by atoms with Crippen molar-refractivity contribution in [1.82, 2.24) is 0 Å². The second-order valence-corrected chi connectivity index (χ2v) is 4.06. The monoisotopic (exact) mass is 259 g/mol. The lowest BCUT2D eigenvalue weighted by atomic mass is 10.2. The van der Waals surface area contributed by atoms with Gasteiger partial charge < -0.3 is 15.2 Å². The van der Waals surface area contributed by atoms with Crippen molar-refractivity contribution in [1.29, 1.82) is 0 Å². The molecule has 0 fully saturated rings. The van der Waals surface area contributed by atoms with E-state index in [4.69, 9.17) is 4.74 Å². The molecule has 1 aromatic carbocycles. The summed E-state index contributed by atoms with van der Waals surface area (Å²) in [7, 11) is 0. The third kappa shape index (κ3) is 4.98. The van der Waals surface area contributed by atoms with Crippen molar-refractivity contribution in [3.63, 3.8) is 0 Å². The molecule has 0 aromatic heterocycles. The Morgan fingerprint density at radius 1 is 1.39 bits per heavy atom. The van der Waals surface area contributed by atoms with Gasteiger partial charge in [-0.2, -0.15) is 0 Å². The molecule has 0 aliphatic carbocycles. The Morgan fingerprint density at radius 2 is 2.17 bits per heavy atom. The Morgan fingerprint density at radius 3 is 2.89 bits per heavy atom. The number of rotatable bonds is 8. The minimum Gasteiger partial charge on any atom is -0.389 e. The van der Waals surface area contributed by atoms with Crippen molar-refractivity contribution in [3.8, 4) is 0 Å². The number of hydrogen-bond donors (Lipinski definition) is 2. The van der Waals surface area contributed by atoms with Crippen LogP contribution in [-0.4, -0.2) is 31.0 Å². The van der Waals surface area contributed by atoms with Crippen LogP contribution >= 0.6 is 0 Å². The first-order valence-corrected chi connectivity index (χ1v) is 6.08. The first kappa shape index (κ1) is 14.9. The molecule has 1 rings (SSSR count). The van der Waals surface area contributed by atoms with Crippen molar-refractivity contribution in [2.75, 3.05) is 25.1 Å². The molecule has 5 heteroatoms. The fourth-order valence-corrected chi connectivity index (χ4v) is 1.39. The molecular formula is C13H19F2NO2. The van der Waals surface area contributed by atoms with Crippen LogP contribution in [0, 0.1) is 11.6 Å². The van der Waals surface area contributed by atoms with Crippen LogP contribution in [0.5, 0.6) is 0 Å². The van der Waals surface area contributed by atoms with Crippen molar-refractivity contribution in [2.24, 2.45) is 0 Å². The molecule has 18 heavy (non-hydrogen) atoms. The number of hydrogen-bond acceptors (Lipinski definition) is 3. The van der Waals surface area contributed by atoms with Crippen molar-refractivity contribution in [3.05, 3.63) is 29.8 Å². The van der Waals surface area contributed by atoms with E-state index < -0.39 is 17.7 Å². The van der Waals surface area contributed by atoms with E-state index in [9.17, 15) is 13.9 Å². The van der Waals surface area contributed by atoms with E-state index in [2.05, 4.69) is 5.32 Å². The zero-order chi connectivity index (χ0) is 13.4. The summed E-state index contributed by atoms with van der Waals surface area (Å²) in [6.45, 7) is 2.95. The summed E-state index contributed by atoms with van der Waals surface area (Å²) in [5.74, 6) is -1.84. The maximum absolute atomic E-state index is 13.3. The van der Waals surface area contributed by atoms with E-state index in [1.165, 1.54) is 12.1 Å². The van der Waals surface area contributed by atoms with Gasteiger partial charge in [-0.25, -0.2) is 8.78 Å². The van der Waals surface area contributed by atoms with Gasteiger partial charge in [0, 0.05) is 13.2 Å².